The summed E-state index contributed by atoms with van der Waals surface area (Å²) in [6.07, 6.45) is 0.488. The Labute approximate surface area is 178 Å². The maximum absolute atomic E-state index is 12.0. The first-order chi connectivity index (χ1) is 14.4. The fraction of sp³-hybridized carbons (Fsp3) is 0.391. The summed E-state index contributed by atoms with van der Waals surface area (Å²) in [5.41, 5.74) is 8.48. The minimum atomic E-state index is 0.00413. The van der Waals surface area contributed by atoms with E-state index < -0.39 is 0 Å². The smallest absolute Gasteiger partial charge is 0.224 e. The summed E-state index contributed by atoms with van der Waals surface area (Å²) in [5.74, 6) is 1.98. The van der Waals surface area contributed by atoms with Crippen LogP contribution in [0.3, 0.4) is 0 Å². The molecule has 1 amide bonds. The lowest BCUT2D eigenvalue weighted by Crippen LogP contribution is -2.23. The largest absolute Gasteiger partial charge is 0.494 e. The van der Waals surface area contributed by atoms with E-state index in [0.29, 0.717) is 43.5 Å². The van der Waals surface area contributed by atoms with Gasteiger partial charge in [-0.2, -0.15) is 0 Å². The van der Waals surface area contributed by atoms with E-state index >= 15 is 0 Å². The van der Waals surface area contributed by atoms with Gasteiger partial charge in [-0.25, -0.2) is 4.99 Å². The SMILES string of the molecule is CCOc1ccc(OCC)c(NC(N)=NCc2cccc(NC(=O)CC(C)C)c2)c1. The average Bonchev–Trinajstić information content (AvgIpc) is 2.68. The number of anilines is 2. The second-order valence-corrected chi connectivity index (χ2v) is 7.20. The highest BCUT2D eigenvalue weighted by molar-refractivity contribution is 5.94. The zero-order valence-corrected chi connectivity index (χ0v) is 18.2. The number of carbonyl (C=O) groups excluding carboxylic acids is 1. The molecule has 0 aliphatic carbocycles. The summed E-state index contributed by atoms with van der Waals surface area (Å²) in [5, 5.41) is 6.00. The third kappa shape index (κ3) is 7.66. The summed E-state index contributed by atoms with van der Waals surface area (Å²) >= 11 is 0. The Hall–Kier alpha value is -3.22. The number of carbonyl (C=O) groups is 1. The molecule has 0 heterocycles. The molecule has 162 valence electrons. The van der Waals surface area contributed by atoms with Crippen molar-refractivity contribution in [1.29, 1.82) is 0 Å². The number of nitrogens with one attached hydrogen (secondary N) is 2. The number of nitrogens with two attached hydrogens (primary N) is 1. The number of nitrogens with zero attached hydrogens (tertiary/aromatic N) is 1. The highest BCUT2D eigenvalue weighted by atomic mass is 16.5. The second-order valence-electron chi connectivity index (χ2n) is 7.20. The predicted octanol–water partition coefficient (Wildman–Crippen LogP) is 4.40. The number of hydrogen-bond acceptors (Lipinski definition) is 4. The molecule has 0 fully saturated rings. The molecule has 0 saturated carbocycles. The third-order valence-corrected chi connectivity index (χ3v) is 4.06. The van der Waals surface area contributed by atoms with Crippen LogP contribution in [0.25, 0.3) is 0 Å². The van der Waals surface area contributed by atoms with Crippen molar-refractivity contribution in [2.24, 2.45) is 16.6 Å². The summed E-state index contributed by atoms with van der Waals surface area (Å²) in [7, 11) is 0. The minimum absolute atomic E-state index is 0.00413. The van der Waals surface area contributed by atoms with Gasteiger partial charge in [0.1, 0.15) is 11.5 Å². The second kappa shape index (κ2) is 11.7. The van der Waals surface area contributed by atoms with Crippen LogP contribution < -0.4 is 25.8 Å². The van der Waals surface area contributed by atoms with Crippen LogP contribution in [0, 0.1) is 5.92 Å². The van der Waals surface area contributed by atoms with Gasteiger partial charge in [0.05, 0.1) is 25.4 Å². The lowest BCUT2D eigenvalue weighted by atomic mass is 10.1. The van der Waals surface area contributed by atoms with E-state index in [4.69, 9.17) is 15.2 Å². The van der Waals surface area contributed by atoms with Crippen LogP contribution in [0.1, 0.15) is 39.7 Å². The Morgan fingerprint density at radius 2 is 1.83 bits per heavy atom. The van der Waals surface area contributed by atoms with Crippen molar-refractivity contribution in [3.8, 4) is 11.5 Å². The Balaban J connectivity index is 2.05. The van der Waals surface area contributed by atoms with Crippen molar-refractivity contribution in [3.63, 3.8) is 0 Å². The molecule has 0 aliphatic rings. The van der Waals surface area contributed by atoms with Crippen molar-refractivity contribution in [2.45, 2.75) is 40.7 Å². The standard InChI is InChI=1S/C23H32N4O3/c1-5-29-19-10-11-21(30-6-2)20(14-19)27-23(24)25-15-17-8-7-9-18(13-17)26-22(28)12-16(3)4/h7-11,13-14,16H,5-6,12,15H2,1-4H3,(H,26,28)(H3,24,25,27). The fourth-order valence-electron chi connectivity index (χ4n) is 2.83. The normalized spacial score (nSPS) is 11.3. The average molecular weight is 413 g/mol. The van der Waals surface area contributed by atoms with Gasteiger partial charge >= 0.3 is 0 Å². The zero-order valence-electron chi connectivity index (χ0n) is 18.2. The molecule has 0 unspecified atom stereocenters. The number of ether oxygens (including phenoxy) is 2. The van der Waals surface area contributed by atoms with E-state index in [2.05, 4.69) is 15.6 Å². The Morgan fingerprint density at radius 3 is 2.53 bits per heavy atom. The molecule has 0 radical (unpaired) electrons. The molecule has 4 N–H and O–H groups in total. The van der Waals surface area contributed by atoms with Gasteiger partial charge in [-0.1, -0.05) is 26.0 Å². The van der Waals surface area contributed by atoms with Crippen LogP contribution in [0.4, 0.5) is 11.4 Å². The van der Waals surface area contributed by atoms with Gasteiger partial charge in [-0.3, -0.25) is 4.79 Å². The molecule has 2 aromatic rings. The summed E-state index contributed by atoms with van der Waals surface area (Å²) < 4.78 is 11.2. The van der Waals surface area contributed by atoms with E-state index in [1.165, 1.54) is 0 Å². The van der Waals surface area contributed by atoms with Crippen molar-refractivity contribution in [2.75, 3.05) is 23.8 Å². The van der Waals surface area contributed by atoms with E-state index in [1.807, 2.05) is 70.2 Å². The molecule has 7 heteroatoms. The number of aliphatic imine (C=N–C) groups is 1. The van der Waals surface area contributed by atoms with Crippen LogP contribution in [-0.4, -0.2) is 25.1 Å². The van der Waals surface area contributed by atoms with Crippen LogP contribution in [0.5, 0.6) is 11.5 Å². The fourth-order valence-corrected chi connectivity index (χ4v) is 2.83. The topological polar surface area (TPSA) is 98.0 Å². The van der Waals surface area contributed by atoms with Gasteiger partial charge in [0.15, 0.2) is 5.96 Å². The summed E-state index contributed by atoms with van der Waals surface area (Å²) in [6, 6.07) is 13.1. The molecule has 2 rings (SSSR count). The van der Waals surface area contributed by atoms with Gasteiger partial charge < -0.3 is 25.8 Å². The van der Waals surface area contributed by atoms with Crippen LogP contribution in [0.2, 0.25) is 0 Å². The van der Waals surface area contributed by atoms with Gasteiger partial charge in [-0.05, 0) is 49.6 Å². The lowest BCUT2D eigenvalue weighted by Gasteiger charge is -2.14. The van der Waals surface area contributed by atoms with Crippen molar-refractivity contribution in [1.82, 2.24) is 0 Å². The van der Waals surface area contributed by atoms with Crippen LogP contribution in [0.15, 0.2) is 47.5 Å². The van der Waals surface area contributed by atoms with Crippen LogP contribution >= 0.6 is 0 Å². The molecule has 2 aromatic carbocycles. The first-order valence-electron chi connectivity index (χ1n) is 10.3. The first kappa shape index (κ1) is 23.1. The molecule has 0 aromatic heterocycles. The lowest BCUT2D eigenvalue weighted by molar-refractivity contribution is -0.116. The molecular formula is C23H32N4O3. The quantitative estimate of drug-likeness (QED) is 0.397. The third-order valence-electron chi connectivity index (χ3n) is 4.06. The van der Waals surface area contributed by atoms with Crippen molar-refractivity contribution < 1.29 is 14.3 Å². The van der Waals surface area contributed by atoms with Gasteiger partial charge in [0.25, 0.3) is 0 Å². The molecule has 0 saturated heterocycles. The highest BCUT2D eigenvalue weighted by Crippen LogP contribution is 2.29. The Morgan fingerprint density at radius 1 is 1.07 bits per heavy atom. The first-order valence-corrected chi connectivity index (χ1v) is 10.3. The van der Waals surface area contributed by atoms with E-state index in [-0.39, 0.29) is 11.9 Å². The monoisotopic (exact) mass is 412 g/mol. The number of amides is 1. The summed E-state index contributed by atoms with van der Waals surface area (Å²) in [6.45, 7) is 9.37. The summed E-state index contributed by atoms with van der Waals surface area (Å²) in [4.78, 5) is 16.4. The van der Waals surface area contributed by atoms with E-state index in [0.717, 1.165) is 17.0 Å². The maximum Gasteiger partial charge on any atom is 0.224 e. The van der Waals surface area contributed by atoms with E-state index in [1.54, 1.807) is 0 Å². The molecule has 30 heavy (non-hydrogen) atoms. The molecule has 0 spiro atoms. The maximum atomic E-state index is 12.0. The zero-order chi connectivity index (χ0) is 21.9. The van der Waals surface area contributed by atoms with Crippen molar-refractivity contribution >= 4 is 23.2 Å². The number of rotatable bonds is 10. The predicted molar refractivity (Wildman–Crippen MR) is 122 cm³/mol. The van der Waals surface area contributed by atoms with Gasteiger partial charge in [0.2, 0.25) is 5.91 Å². The molecule has 0 atom stereocenters. The molecule has 0 bridgehead atoms. The van der Waals surface area contributed by atoms with E-state index in [9.17, 15) is 4.79 Å². The molecule has 7 nitrogen and oxygen atoms in total. The van der Waals surface area contributed by atoms with Crippen molar-refractivity contribution in [3.05, 3.63) is 48.0 Å². The Kier molecular flexibility index (Phi) is 9.00. The Bertz CT molecular complexity index is 865. The van der Waals surface area contributed by atoms with Crippen LogP contribution in [-0.2, 0) is 11.3 Å². The number of benzene rings is 2. The minimum Gasteiger partial charge on any atom is -0.494 e. The van der Waals surface area contributed by atoms with Gasteiger partial charge in [-0.15, -0.1) is 0 Å². The molecule has 0 aliphatic heterocycles. The highest BCUT2D eigenvalue weighted by Gasteiger charge is 2.08. The molecular weight excluding hydrogens is 380 g/mol. The number of guanidine groups is 1. The van der Waals surface area contributed by atoms with Gasteiger partial charge in [0, 0.05) is 18.2 Å². The number of hydrogen-bond donors (Lipinski definition) is 3.